The van der Waals surface area contributed by atoms with Crippen molar-refractivity contribution in [2.45, 2.75) is 13.0 Å². The van der Waals surface area contributed by atoms with Crippen LogP contribution in [0.5, 0.6) is 11.5 Å². The summed E-state index contributed by atoms with van der Waals surface area (Å²) in [6, 6.07) is 17.1. The van der Waals surface area contributed by atoms with Crippen LogP contribution in [0.4, 0.5) is 0 Å². The van der Waals surface area contributed by atoms with Crippen molar-refractivity contribution >= 4 is 34.0 Å². The largest absolute Gasteiger partial charge is 0.496 e. The highest BCUT2D eigenvalue weighted by atomic mass is 35.5. The maximum absolute atomic E-state index is 6.19. The lowest BCUT2D eigenvalue weighted by atomic mass is 10.1. The van der Waals surface area contributed by atoms with Crippen LogP contribution in [-0.2, 0) is 0 Å². The highest BCUT2D eigenvalue weighted by Gasteiger charge is 2.15. The van der Waals surface area contributed by atoms with Gasteiger partial charge in [-0.3, -0.25) is 0 Å². The molecule has 142 valence electrons. The third kappa shape index (κ3) is 3.51. The molecule has 1 unspecified atom stereocenters. The molecule has 0 bridgehead atoms. The van der Waals surface area contributed by atoms with E-state index in [1.54, 1.807) is 23.9 Å². The standard InChI is InChI=1S/C21H17Cl2N3O2/c1-13(19-12-26(25-24-19)14-7-8-17(22)18(23)11-14)28-21-10-9-20(27-2)15-5-3-4-6-16(15)21/h3-13H,1-2H3. The molecule has 0 aliphatic rings. The van der Waals surface area contributed by atoms with E-state index in [4.69, 9.17) is 32.7 Å². The lowest BCUT2D eigenvalue weighted by Gasteiger charge is -2.15. The molecule has 4 aromatic rings. The van der Waals surface area contributed by atoms with Crippen molar-refractivity contribution < 1.29 is 9.47 Å². The van der Waals surface area contributed by atoms with Gasteiger partial charge < -0.3 is 9.47 Å². The number of fused-ring (bicyclic) bond motifs is 1. The second-order valence-corrected chi connectivity index (χ2v) is 7.07. The lowest BCUT2D eigenvalue weighted by molar-refractivity contribution is 0.224. The van der Waals surface area contributed by atoms with Crippen LogP contribution in [0.1, 0.15) is 18.7 Å². The van der Waals surface area contributed by atoms with Crippen molar-refractivity contribution in [1.29, 1.82) is 0 Å². The fourth-order valence-electron chi connectivity index (χ4n) is 2.99. The zero-order chi connectivity index (χ0) is 19.7. The molecule has 0 saturated heterocycles. The molecule has 0 aliphatic heterocycles. The molecule has 1 aromatic heterocycles. The highest BCUT2D eigenvalue weighted by Crippen LogP contribution is 2.35. The van der Waals surface area contributed by atoms with Gasteiger partial charge >= 0.3 is 0 Å². The summed E-state index contributed by atoms with van der Waals surface area (Å²) < 4.78 is 13.3. The van der Waals surface area contributed by atoms with Crippen molar-refractivity contribution in [3.05, 3.63) is 76.5 Å². The summed E-state index contributed by atoms with van der Waals surface area (Å²) in [7, 11) is 1.66. The molecule has 7 heteroatoms. The van der Waals surface area contributed by atoms with E-state index in [2.05, 4.69) is 10.3 Å². The predicted molar refractivity (Wildman–Crippen MR) is 111 cm³/mol. The fourth-order valence-corrected chi connectivity index (χ4v) is 3.28. The topological polar surface area (TPSA) is 49.2 Å². The van der Waals surface area contributed by atoms with Crippen molar-refractivity contribution in [3.8, 4) is 17.2 Å². The van der Waals surface area contributed by atoms with Crippen LogP contribution in [-0.4, -0.2) is 22.1 Å². The van der Waals surface area contributed by atoms with Crippen molar-refractivity contribution in [1.82, 2.24) is 15.0 Å². The first-order valence-corrected chi connectivity index (χ1v) is 9.42. The van der Waals surface area contributed by atoms with Gasteiger partial charge in [0, 0.05) is 10.8 Å². The molecule has 0 radical (unpaired) electrons. The Balaban J connectivity index is 1.61. The predicted octanol–water partition coefficient (Wildman–Crippen LogP) is 5.88. The molecule has 1 atom stereocenters. The van der Waals surface area contributed by atoms with E-state index in [-0.39, 0.29) is 6.10 Å². The molecule has 0 aliphatic carbocycles. The number of nitrogens with zero attached hydrogens (tertiary/aromatic N) is 3. The minimum atomic E-state index is -0.298. The van der Waals surface area contributed by atoms with Crippen molar-refractivity contribution in [2.24, 2.45) is 0 Å². The summed E-state index contributed by atoms with van der Waals surface area (Å²) in [4.78, 5) is 0. The third-order valence-corrected chi connectivity index (χ3v) is 5.20. The van der Waals surface area contributed by atoms with Crippen LogP contribution in [0.15, 0.2) is 60.8 Å². The monoisotopic (exact) mass is 413 g/mol. The van der Waals surface area contributed by atoms with Crippen LogP contribution < -0.4 is 9.47 Å². The zero-order valence-electron chi connectivity index (χ0n) is 15.3. The first-order chi connectivity index (χ1) is 13.6. The zero-order valence-corrected chi connectivity index (χ0v) is 16.8. The van der Waals surface area contributed by atoms with E-state index in [1.165, 1.54) is 0 Å². The van der Waals surface area contributed by atoms with Crippen LogP contribution >= 0.6 is 23.2 Å². The Morgan fingerprint density at radius 3 is 2.36 bits per heavy atom. The van der Waals surface area contributed by atoms with Gasteiger partial charge in [-0.05, 0) is 37.3 Å². The molecule has 0 fully saturated rings. The maximum atomic E-state index is 6.19. The quantitative estimate of drug-likeness (QED) is 0.410. The van der Waals surface area contributed by atoms with Crippen molar-refractivity contribution in [2.75, 3.05) is 7.11 Å². The van der Waals surface area contributed by atoms with E-state index in [9.17, 15) is 0 Å². The summed E-state index contributed by atoms with van der Waals surface area (Å²) >= 11 is 12.1. The summed E-state index contributed by atoms with van der Waals surface area (Å²) in [6.07, 6.45) is 1.52. The normalized spacial score (nSPS) is 12.1. The molecular formula is C21H17Cl2N3O2. The molecule has 0 N–H and O–H groups in total. The smallest absolute Gasteiger partial charge is 0.141 e. The fraction of sp³-hybridized carbons (Fsp3) is 0.143. The third-order valence-electron chi connectivity index (χ3n) is 4.46. The molecule has 0 amide bonds. The van der Waals surface area contributed by atoms with Crippen LogP contribution in [0.2, 0.25) is 10.0 Å². The van der Waals surface area contributed by atoms with E-state index < -0.39 is 0 Å². The van der Waals surface area contributed by atoms with Gasteiger partial charge in [-0.15, -0.1) is 5.10 Å². The van der Waals surface area contributed by atoms with Gasteiger partial charge in [-0.2, -0.15) is 0 Å². The van der Waals surface area contributed by atoms with E-state index in [1.807, 2.05) is 55.6 Å². The number of ether oxygens (including phenoxy) is 2. The van der Waals surface area contributed by atoms with E-state index in [0.717, 1.165) is 28.0 Å². The van der Waals surface area contributed by atoms with Crippen LogP contribution in [0.25, 0.3) is 16.5 Å². The summed E-state index contributed by atoms with van der Waals surface area (Å²) in [5.74, 6) is 1.56. The van der Waals surface area contributed by atoms with Gasteiger partial charge in [0.15, 0.2) is 0 Å². The summed E-state index contributed by atoms with van der Waals surface area (Å²) in [6.45, 7) is 1.93. The molecule has 0 saturated carbocycles. The number of halogens is 2. The number of methoxy groups -OCH3 is 1. The van der Waals surface area contributed by atoms with Crippen molar-refractivity contribution in [3.63, 3.8) is 0 Å². The SMILES string of the molecule is COc1ccc(OC(C)c2cn(-c3ccc(Cl)c(Cl)c3)nn2)c2ccccc12. The van der Waals surface area contributed by atoms with Crippen LogP contribution in [0, 0.1) is 0 Å². The average molecular weight is 414 g/mol. The van der Waals surface area contributed by atoms with Gasteiger partial charge in [0.05, 0.1) is 29.0 Å². The summed E-state index contributed by atoms with van der Waals surface area (Å²) in [5.41, 5.74) is 1.47. The Bertz CT molecular complexity index is 1140. The minimum Gasteiger partial charge on any atom is -0.496 e. The number of hydrogen-bond donors (Lipinski definition) is 0. The average Bonchev–Trinajstić information content (AvgIpc) is 3.21. The molecule has 0 spiro atoms. The number of rotatable bonds is 5. The Hall–Kier alpha value is -2.76. The lowest BCUT2D eigenvalue weighted by Crippen LogP contribution is -2.04. The van der Waals surface area contributed by atoms with Gasteiger partial charge in [-0.1, -0.05) is 52.7 Å². The first-order valence-electron chi connectivity index (χ1n) is 8.67. The number of benzene rings is 3. The Morgan fingerprint density at radius 1 is 0.929 bits per heavy atom. The van der Waals surface area contributed by atoms with Gasteiger partial charge in [0.25, 0.3) is 0 Å². The molecular weight excluding hydrogens is 397 g/mol. The molecule has 28 heavy (non-hydrogen) atoms. The summed E-state index contributed by atoms with van der Waals surface area (Å²) in [5, 5.41) is 11.3. The minimum absolute atomic E-state index is 0.298. The second kappa shape index (κ2) is 7.70. The first kappa shape index (κ1) is 18.6. The van der Waals surface area contributed by atoms with Gasteiger partial charge in [-0.25, -0.2) is 4.68 Å². The maximum Gasteiger partial charge on any atom is 0.141 e. The van der Waals surface area contributed by atoms with Crippen LogP contribution in [0.3, 0.4) is 0 Å². The molecule has 3 aromatic carbocycles. The molecule has 1 heterocycles. The van der Waals surface area contributed by atoms with Gasteiger partial charge in [0.1, 0.15) is 23.3 Å². The highest BCUT2D eigenvalue weighted by molar-refractivity contribution is 6.42. The van der Waals surface area contributed by atoms with E-state index in [0.29, 0.717) is 15.7 Å². The Labute approximate surface area is 172 Å². The Morgan fingerprint density at radius 2 is 1.64 bits per heavy atom. The Kier molecular flexibility index (Phi) is 5.11. The number of aromatic nitrogens is 3. The number of hydrogen-bond acceptors (Lipinski definition) is 4. The second-order valence-electron chi connectivity index (χ2n) is 6.26. The molecule has 4 rings (SSSR count). The van der Waals surface area contributed by atoms with Gasteiger partial charge in [0.2, 0.25) is 0 Å². The van der Waals surface area contributed by atoms with E-state index >= 15 is 0 Å². The molecule has 5 nitrogen and oxygen atoms in total.